The van der Waals surface area contributed by atoms with Crippen LogP contribution in [0.4, 0.5) is 0 Å². The summed E-state index contributed by atoms with van der Waals surface area (Å²) in [4.78, 5) is 22.9. The first-order valence-corrected chi connectivity index (χ1v) is 6.27. The lowest BCUT2D eigenvalue weighted by Gasteiger charge is -2.15. The maximum atomic E-state index is 11.7. The van der Waals surface area contributed by atoms with Crippen molar-refractivity contribution in [2.45, 2.75) is 25.9 Å². The van der Waals surface area contributed by atoms with Crippen LogP contribution in [0.5, 0.6) is 0 Å². The van der Waals surface area contributed by atoms with Gasteiger partial charge in [0.25, 0.3) is 0 Å². The normalized spacial score (nSPS) is 19.1. The van der Waals surface area contributed by atoms with Crippen molar-refractivity contribution >= 4 is 35.7 Å². The number of esters is 2. The first-order valence-electron chi connectivity index (χ1n) is 5.48. The van der Waals surface area contributed by atoms with Crippen LogP contribution < -0.4 is 5.73 Å². The topological polar surface area (TPSA) is 78.6 Å². The van der Waals surface area contributed by atoms with Gasteiger partial charge in [0.05, 0.1) is 12.1 Å². The van der Waals surface area contributed by atoms with Crippen LogP contribution >= 0.6 is 15.9 Å². The molecule has 18 heavy (non-hydrogen) atoms. The Morgan fingerprint density at radius 2 is 2.33 bits per heavy atom. The van der Waals surface area contributed by atoms with E-state index in [1.807, 2.05) is 6.92 Å². The largest absolute Gasteiger partial charge is 0.456 e. The molecule has 0 aromatic carbocycles. The summed E-state index contributed by atoms with van der Waals surface area (Å²) in [5, 5.41) is 0. The van der Waals surface area contributed by atoms with Gasteiger partial charge in [-0.2, -0.15) is 0 Å². The van der Waals surface area contributed by atoms with E-state index in [0.29, 0.717) is 6.42 Å². The maximum absolute atomic E-state index is 11.7. The zero-order valence-corrected chi connectivity index (χ0v) is 11.5. The third-order valence-corrected chi connectivity index (χ3v) is 2.69. The molecule has 1 aliphatic heterocycles. The minimum atomic E-state index is -0.650. The molecule has 1 atom stereocenters. The molecule has 0 spiro atoms. The van der Waals surface area contributed by atoms with Crippen LogP contribution in [0, 0.1) is 0 Å². The van der Waals surface area contributed by atoms with Gasteiger partial charge < -0.3 is 15.2 Å². The zero-order chi connectivity index (χ0) is 13.7. The molecule has 2 radical (unpaired) electrons. The third-order valence-electron chi connectivity index (χ3n) is 2.30. The monoisotopic (exact) mass is 313 g/mol. The Morgan fingerprint density at radius 3 is 2.78 bits per heavy atom. The Balaban J connectivity index is 2.92. The standard InChI is InChI=1S/C11H13BBrNO4/c1-2-3-7(17-9(15)5-14)6-4-8(10(12)13)18-11(6)16/h4,7H,2-3,5,14H2,1H3. The number of carbonyl (C=O) groups excluding carboxylic acids is 2. The van der Waals surface area contributed by atoms with Crippen molar-refractivity contribution < 1.29 is 19.1 Å². The molecule has 0 aliphatic carbocycles. The highest BCUT2D eigenvalue weighted by Gasteiger charge is 2.31. The van der Waals surface area contributed by atoms with E-state index in [1.54, 1.807) is 0 Å². The number of ether oxygens (including phenoxy) is 2. The molecule has 0 saturated carbocycles. The third kappa shape index (κ3) is 3.71. The molecular weight excluding hydrogens is 301 g/mol. The predicted molar refractivity (Wildman–Crippen MR) is 69.7 cm³/mol. The van der Waals surface area contributed by atoms with Crippen molar-refractivity contribution in [3.63, 3.8) is 0 Å². The van der Waals surface area contributed by atoms with Crippen molar-refractivity contribution in [3.8, 4) is 0 Å². The van der Waals surface area contributed by atoms with E-state index in [0.717, 1.165) is 6.42 Å². The number of hydrogen-bond acceptors (Lipinski definition) is 5. The summed E-state index contributed by atoms with van der Waals surface area (Å²) in [6.07, 6.45) is 2.08. The van der Waals surface area contributed by atoms with Crippen LogP contribution in [0.25, 0.3) is 0 Å². The van der Waals surface area contributed by atoms with E-state index in [9.17, 15) is 9.59 Å². The summed E-state index contributed by atoms with van der Waals surface area (Å²) >= 11 is 3.02. The number of allylic oxidation sites excluding steroid dienone is 1. The van der Waals surface area contributed by atoms with Gasteiger partial charge in [-0.25, -0.2) is 4.79 Å². The lowest BCUT2D eigenvalue weighted by atomic mass is 10.0. The highest BCUT2D eigenvalue weighted by atomic mass is 79.9. The van der Waals surface area contributed by atoms with Crippen molar-refractivity contribution in [1.29, 1.82) is 0 Å². The van der Waals surface area contributed by atoms with E-state index < -0.39 is 18.0 Å². The quantitative estimate of drug-likeness (QED) is 0.602. The van der Waals surface area contributed by atoms with E-state index in [4.69, 9.17) is 23.1 Å². The van der Waals surface area contributed by atoms with E-state index in [-0.39, 0.29) is 22.3 Å². The Labute approximate surface area is 115 Å². The summed E-state index contributed by atoms with van der Waals surface area (Å²) in [7, 11) is 5.47. The van der Waals surface area contributed by atoms with Crippen molar-refractivity contribution in [3.05, 3.63) is 21.8 Å². The van der Waals surface area contributed by atoms with Crippen LogP contribution in [0.1, 0.15) is 19.8 Å². The fourth-order valence-electron chi connectivity index (χ4n) is 1.48. The molecule has 0 saturated heterocycles. The number of carbonyl (C=O) groups is 2. The van der Waals surface area contributed by atoms with Gasteiger partial charge in [0.1, 0.15) is 19.7 Å². The zero-order valence-electron chi connectivity index (χ0n) is 9.94. The smallest absolute Gasteiger partial charge is 0.343 e. The average molecular weight is 314 g/mol. The van der Waals surface area contributed by atoms with Gasteiger partial charge in [-0.15, -0.1) is 0 Å². The lowest BCUT2D eigenvalue weighted by molar-refractivity contribution is -0.147. The molecule has 1 unspecified atom stereocenters. The summed E-state index contributed by atoms with van der Waals surface area (Å²) < 4.78 is 10.3. The molecule has 0 bridgehead atoms. The number of halogens is 1. The van der Waals surface area contributed by atoms with E-state index >= 15 is 0 Å². The molecule has 0 aromatic rings. The molecule has 0 aromatic heterocycles. The fraction of sp³-hybridized carbons (Fsp3) is 0.455. The number of cyclic esters (lactones) is 1. The minimum absolute atomic E-state index is 0.214. The molecule has 1 heterocycles. The van der Waals surface area contributed by atoms with Gasteiger partial charge in [0.15, 0.2) is 0 Å². The number of hydrogen-bond donors (Lipinski definition) is 1. The Bertz CT molecular complexity index is 415. The van der Waals surface area contributed by atoms with Crippen molar-refractivity contribution in [2.24, 2.45) is 5.73 Å². The van der Waals surface area contributed by atoms with Gasteiger partial charge in [0.2, 0.25) is 0 Å². The number of rotatable bonds is 5. The first kappa shape index (κ1) is 15.0. The molecule has 2 N–H and O–H groups in total. The van der Waals surface area contributed by atoms with E-state index in [2.05, 4.69) is 15.9 Å². The molecule has 1 rings (SSSR count). The molecule has 7 heteroatoms. The fourth-order valence-corrected chi connectivity index (χ4v) is 1.67. The van der Waals surface area contributed by atoms with Gasteiger partial charge in [-0.3, -0.25) is 4.79 Å². The number of nitrogens with two attached hydrogens (primary N) is 1. The van der Waals surface area contributed by atoms with Crippen LogP contribution in [0.15, 0.2) is 21.8 Å². The Kier molecular flexibility index (Phi) is 5.62. The molecule has 5 nitrogen and oxygen atoms in total. The van der Waals surface area contributed by atoms with Crippen LogP contribution in [-0.2, 0) is 19.1 Å². The summed E-state index contributed by atoms with van der Waals surface area (Å²) in [6, 6.07) is 0. The molecular formula is C11H13BBrNO4. The summed E-state index contributed by atoms with van der Waals surface area (Å²) in [5.41, 5.74) is 5.45. The summed E-state index contributed by atoms with van der Waals surface area (Å²) in [5.74, 6) is -0.901. The van der Waals surface area contributed by atoms with Gasteiger partial charge >= 0.3 is 11.9 Å². The Morgan fingerprint density at radius 1 is 1.67 bits per heavy atom. The van der Waals surface area contributed by atoms with Crippen LogP contribution in [0.2, 0.25) is 0 Å². The van der Waals surface area contributed by atoms with Gasteiger partial charge in [0, 0.05) is 0 Å². The highest BCUT2D eigenvalue weighted by Crippen LogP contribution is 2.27. The van der Waals surface area contributed by atoms with Crippen molar-refractivity contribution in [2.75, 3.05) is 6.54 Å². The average Bonchev–Trinajstić information content (AvgIpc) is 2.70. The van der Waals surface area contributed by atoms with Crippen molar-refractivity contribution in [1.82, 2.24) is 0 Å². The van der Waals surface area contributed by atoms with Crippen LogP contribution in [-0.4, -0.2) is 32.4 Å². The highest BCUT2D eigenvalue weighted by molar-refractivity contribution is 9.12. The maximum Gasteiger partial charge on any atom is 0.343 e. The van der Waals surface area contributed by atoms with E-state index in [1.165, 1.54) is 6.08 Å². The van der Waals surface area contributed by atoms with Crippen LogP contribution in [0.3, 0.4) is 0 Å². The second-order valence-electron chi connectivity index (χ2n) is 3.67. The predicted octanol–water partition coefficient (Wildman–Crippen LogP) is 0.873. The minimum Gasteiger partial charge on any atom is -0.456 e. The first-order chi connectivity index (χ1) is 8.49. The summed E-state index contributed by atoms with van der Waals surface area (Å²) in [6.45, 7) is 1.69. The molecule has 96 valence electrons. The second kappa shape index (κ2) is 6.75. The molecule has 1 aliphatic rings. The Hall–Kier alpha value is -1.08. The second-order valence-corrected chi connectivity index (χ2v) is 4.53. The molecule has 0 fully saturated rings. The lowest BCUT2D eigenvalue weighted by Crippen LogP contribution is -2.27. The SMILES string of the molecule is [B]C(Br)=C1C=C(C(CCC)OC(=O)CN)C(=O)O1. The van der Waals surface area contributed by atoms with Gasteiger partial charge in [-0.05, 0) is 16.9 Å². The molecule has 0 amide bonds. The van der Waals surface area contributed by atoms with Gasteiger partial charge in [-0.1, -0.05) is 29.3 Å².